The molecule has 20 heavy (non-hydrogen) atoms. The molecule has 0 aliphatic heterocycles. The molecular weight excluding hydrogens is 271 g/mol. The van der Waals surface area contributed by atoms with Gasteiger partial charge in [-0.05, 0) is 24.3 Å². The van der Waals surface area contributed by atoms with E-state index < -0.39 is 18.2 Å². The molecule has 0 spiro atoms. The summed E-state index contributed by atoms with van der Waals surface area (Å²) in [7, 11) is 0. The van der Waals surface area contributed by atoms with Crippen LogP contribution in [0.5, 0.6) is 5.75 Å². The average molecular weight is 285 g/mol. The molecule has 6 heteroatoms. The summed E-state index contributed by atoms with van der Waals surface area (Å²) >= 11 is 0. The van der Waals surface area contributed by atoms with Crippen LogP contribution in [0.25, 0.3) is 0 Å². The van der Waals surface area contributed by atoms with Gasteiger partial charge in [-0.2, -0.15) is 8.78 Å². The number of halogens is 3. The van der Waals surface area contributed by atoms with Crippen LogP contribution in [0, 0.1) is 5.82 Å². The van der Waals surface area contributed by atoms with E-state index in [1.807, 2.05) is 19.1 Å². The molecule has 2 aromatic rings. The summed E-state index contributed by atoms with van der Waals surface area (Å²) in [5.74, 6) is 0.268. The van der Waals surface area contributed by atoms with Gasteiger partial charge in [0.2, 0.25) is 0 Å². The summed E-state index contributed by atoms with van der Waals surface area (Å²) in [4.78, 5) is 0. The van der Waals surface area contributed by atoms with Crippen molar-refractivity contribution < 1.29 is 22.3 Å². The topological polar surface area (TPSA) is 34.4 Å². The van der Waals surface area contributed by atoms with Crippen LogP contribution in [0.1, 0.15) is 18.4 Å². The van der Waals surface area contributed by atoms with Gasteiger partial charge in [0, 0.05) is 18.2 Å². The second kappa shape index (κ2) is 6.36. The zero-order valence-electron chi connectivity index (χ0n) is 10.8. The molecule has 108 valence electrons. The van der Waals surface area contributed by atoms with Gasteiger partial charge < -0.3 is 14.5 Å². The van der Waals surface area contributed by atoms with Crippen LogP contribution in [0.2, 0.25) is 0 Å². The van der Waals surface area contributed by atoms with Gasteiger partial charge in [-0.3, -0.25) is 0 Å². The summed E-state index contributed by atoms with van der Waals surface area (Å²) < 4.78 is 47.0. The molecule has 0 aliphatic rings. The number of nitrogens with one attached hydrogen (secondary N) is 1. The Balaban J connectivity index is 1.97. The SMILES string of the molecule is CCc1ccc(CNc2ccc(OC(F)F)c(F)c2)o1. The Morgan fingerprint density at radius 3 is 2.55 bits per heavy atom. The highest BCUT2D eigenvalue weighted by Gasteiger charge is 2.10. The van der Waals surface area contributed by atoms with E-state index in [0.717, 1.165) is 30.1 Å². The Bertz CT molecular complexity index is 569. The maximum absolute atomic E-state index is 13.5. The van der Waals surface area contributed by atoms with Crippen molar-refractivity contribution in [1.82, 2.24) is 0 Å². The molecule has 0 amide bonds. The maximum Gasteiger partial charge on any atom is 0.387 e. The lowest BCUT2D eigenvalue weighted by molar-refractivity contribution is -0.0521. The molecule has 0 radical (unpaired) electrons. The standard InChI is InChI=1S/C14H14F3NO2/c1-2-10-4-5-11(19-10)8-18-9-3-6-13(12(15)7-9)20-14(16)17/h3-7,14,18H,2,8H2,1H3. The molecule has 0 bridgehead atoms. The number of anilines is 1. The van der Waals surface area contributed by atoms with Crippen LogP contribution in [-0.4, -0.2) is 6.61 Å². The first-order valence-electron chi connectivity index (χ1n) is 6.14. The normalized spacial score (nSPS) is 10.8. The maximum atomic E-state index is 13.5. The second-order valence-electron chi connectivity index (χ2n) is 4.10. The smallest absolute Gasteiger partial charge is 0.387 e. The third-order valence-electron chi connectivity index (χ3n) is 2.68. The van der Waals surface area contributed by atoms with Gasteiger partial charge in [0.15, 0.2) is 11.6 Å². The van der Waals surface area contributed by atoms with E-state index >= 15 is 0 Å². The van der Waals surface area contributed by atoms with E-state index in [1.165, 1.54) is 6.07 Å². The summed E-state index contributed by atoms with van der Waals surface area (Å²) in [6.45, 7) is -0.680. The van der Waals surface area contributed by atoms with Crippen molar-refractivity contribution in [2.75, 3.05) is 5.32 Å². The van der Waals surface area contributed by atoms with Crippen molar-refractivity contribution in [3.05, 3.63) is 47.7 Å². The largest absolute Gasteiger partial charge is 0.464 e. The highest BCUT2D eigenvalue weighted by atomic mass is 19.3. The predicted molar refractivity (Wildman–Crippen MR) is 68.4 cm³/mol. The third kappa shape index (κ3) is 3.69. The number of benzene rings is 1. The van der Waals surface area contributed by atoms with Crippen LogP contribution in [0.3, 0.4) is 0 Å². The van der Waals surface area contributed by atoms with Gasteiger partial charge in [0.05, 0.1) is 6.54 Å². The quantitative estimate of drug-likeness (QED) is 0.864. The van der Waals surface area contributed by atoms with E-state index in [1.54, 1.807) is 0 Å². The van der Waals surface area contributed by atoms with Crippen molar-refractivity contribution in [1.29, 1.82) is 0 Å². The molecule has 1 N–H and O–H groups in total. The average Bonchev–Trinajstić information content (AvgIpc) is 2.87. The number of ether oxygens (including phenoxy) is 1. The molecule has 1 heterocycles. The Labute approximate surface area is 114 Å². The number of rotatable bonds is 6. The monoisotopic (exact) mass is 285 g/mol. The van der Waals surface area contributed by atoms with Crippen LogP contribution in [0.4, 0.5) is 18.9 Å². The Morgan fingerprint density at radius 1 is 1.20 bits per heavy atom. The molecule has 0 fully saturated rings. The highest BCUT2D eigenvalue weighted by Crippen LogP contribution is 2.23. The second-order valence-corrected chi connectivity index (χ2v) is 4.10. The molecule has 0 saturated heterocycles. The number of aryl methyl sites for hydroxylation is 1. The zero-order valence-corrected chi connectivity index (χ0v) is 10.8. The van der Waals surface area contributed by atoms with Crippen molar-refractivity contribution in [2.24, 2.45) is 0 Å². The van der Waals surface area contributed by atoms with Gasteiger partial charge in [0.1, 0.15) is 11.5 Å². The van der Waals surface area contributed by atoms with Crippen LogP contribution in [-0.2, 0) is 13.0 Å². The molecule has 0 aliphatic carbocycles. The molecule has 1 aromatic carbocycles. The molecule has 0 unspecified atom stereocenters. The lowest BCUT2D eigenvalue weighted by atomic mass is 10.3. The minimum absolute atomic E-state index is 0.383. The fourth-order valence-electron chi connectivity index (χ4n) is 1.70. The lowest BCUT2D eigenvalue weighted by Gasteiger charge is -2.08. The molecule has 3 nitrogen and oxygen atoms in total. The number of alkyl halides is 2. The molecule has 0 atom stereocenters. The number of hydrogen-bond donors (Lipinski definition) is 1. The molecule has 0 saturated carbocycles. The van der Waals surface area contributed by atoms with E-state index in [9.17, 15) is 13.2 Å². The Hall–Kier alpha value is -2.11. The van der Waals surface area contributed by atoms with Crippen LogP contribution >= 0.6 is 0 Å². The summed E-state index contributed by atoms with van der Waals surface area (Å²) in [6.07, 6.45) is 0.800. The Kier molecular flexibility index (Phi) is 4.55. The van der Waals surface area contributed by atoms with E-state index in [4.69, 9.17) is 4.42 Å². The van der Waals surface area contributed by atoms with Crippen molar-refractivity contribution in [3.8, 4) is 5.75 Å². The summed E-state index contributed by atoms with van der Waals surface area (Å²) in [5, 5.41) is 2.94. The lowest BCUT2D eigenvalue weighted by Crippen LogP contribution is -2.04. The fourth-order valence-corrected chi connectivity index (χ4v) is 1.70. The van der Waals surface area contributed by atoms with Gasteiger partial charge in [-0.1, -0.05) is 6.92 Å². The minimum atomic E-state index is -3.04. The number of furan rings is 1. The van der Waals surface area contributed by atoms with Crippen molar-refractivity contribution in [2.45, 2.75) is 26.5 Å². The Morgan fingerprint density at radius 2 is 1.95 bits per heavy atom. The zero-order chi connectivity index (χ0) is 14.5. The number of hydrogen-bond acceptors (Lipinski definition) is 3. The van der Waals surface area contributed by atoms with Crippen LogP contribution in [0.15, 0.2) is 34.7 Å². The first-order valence-corrected chi connectivity index (χ1v) is 6.14. The predicted octanol–water partition coefficient (Wildman–Crippen LogP) is 4.19. The van der Waals surface area contributed by atoms with Crippen LogP contribution < -0.4 is 10.1 Å². The van der Waals surface area contributed by atoms with E-state index in [-0.39, 0.29) is 0 Å². The molecule has 1 aromatic heterocycles. The van der Waals surface area contributed by atoms with Crippen molar-refractivity contribution >= 4 is 5.69 Å². The molecular formula is C14H14F3NO2. The first kappa shape index (κ1) is 14.3. The van der Waals surface area contributed by atoms with Gasteiger partial charge in [-0.25, -0.2) is 4.39 Å². The fraction of sp³-hybridized carbons (Fsp3) is 0.286. The van der Waals surface area contributed by atoms with Crippen molar-refractivity contribution in [3.63, 3.8) is 0 Å². The molecule has 2 rings (SSSR count). The summed E-state index contributed by atoms with van der Waals surface area (Å²) in [6, 6.07) is 7.42. The van der Waals surface area contributed by atoms with Gasteiger partial charge >= 0.3 is 6.61 Å². The first-order chi connectivity index (χ1) is 9.58. The summed E-state index contributed by atoms with van der Waals surface area (Å²) in [5.41, 5.74) is 0.457. The highest BCUT2D eigenvalue weighted by molar-refractivity contribution is 5.47. The van der Waals surface area contributed by atoms with Gasteiger partial charge in [0.25, 0.3) is 0 Å². The third-order valence-corrected chi connectivity index (χ3v) is 2.68. The van der Waals surface area contributed by atoms with E-state index in [2.05, 4.69) is 10.1 Å². The van der Waals surface area contributed by atoms with Gasteiger partial charge in [-0.15, -0.1) is 0 Å². The minimum Gasteiger partial charge on any atom is -0.464 e. The van der Waals surface area contributed by atoms with E-state index in [0.29, 0.717) is 12.2 Å².